The zero-order chi connectivity index (χ0) is 26.0. The summed E-state index contributed by atoms with van der Waals surface area (Å²) < 4.78 is 5.27. The van der Waals surface area contributed by atoms with E-state index in [0.29, 0.717) is 24.1 Å². The lowest BCUT2D eigenvalue weighted by Crippen LogP contribution is -2.30. The summed E-state index contributed by atoms with van der Waals surface area (Å²) in [5.74, 6) is 0.450. The monoisotopic (exact) mass is 498 g/mol. The van der Waals surface area contributed by atoms with Crippen molar-refractivity contribution < 1.29 is 19.1 Å². The molecule has 3 amide bonds. The molecule has 0 aromatic heterocycles. The molecule has 0 bridgehead atoms. The van der Waals surface area contributed by atoms with Crippen LogP contribution in [0.4, 0.5) is 0 Å². The zero-order valence-electron chi connectivity index (χ0n) is 21.3. The summed E-state index contributed by atoms with van der Waals surface area (Å²) in [4.78, 5) is 39.0. The van der Waals surface area contributed by atoms with Gasteiger partial charge in [0.2, 0.25) is 5.91 Å². The van der Waals surface area contributed by atoms with E-state index < -0.39 is 0 Å². The first-order chi connectivity index (χ1) is 18.1. The van der Waals surface area contributed by atoms with Gasteiger partial charge in [-0.25, -0.2) is 0 Å². The molecule has 3 aromatic carbocycles. The van der Waals surface area contributed by atoms with Crippen molar-refractivity contribution in [2.45, 2.75) is 51.0 Å². The Balaban J connectivity index is 1.15. The van der Waals surface area contributed by atoms with Crippen LogP contribution < -0.4 is 10.1 Å². The fourth-order valence-electron chi connectivity index (χ4n) is 4.74. The minimum atomic E-state index is -0.207. The highest BCUT2D eigenvalue weighted by atomic mass is 16.5. The van der Waals surface area contributed by atoms with Gasteiger partial charge in [-0.05, 0) is 48.2 Å². The van der Waals surface area contributed by atoms with Gasteiger partial charge in [0.05, 0.1) is 24.3 Å². The summed E-state index contributed by atoms with van der Waals surface area (Å²) in [6.45, 7) is 0.459. The Morgan fingerprint density at radius 2 is 1.27 bits per heavy atom. The third-order valence-electron chi connectivity index (χ3n) is 6.80. The standard InChI is InChI=1S/C31H34N2O4/c1-37-25-20-18-24(19-21-25)29(23-13-7-6-8-14-23)32-28(34)17-9-4-2-3-5-12-22-33-30(35)26-15-10-11-16-27(26)31(33)36/h6-8,10-11,13-16,18-21,29H,2-5,9,12,17,22H2,1H3,(H,32,34)/t29-/m0/s1. The van der Waals surface area contributed by atoms with Crippen molar-refractivity contribution in [3.8, 4) is 5.75 Å². The van der Waals surface area contributed by atoms with Crippen LogP contribution in [0.5, 0.6) is 5.75 Å². The summed E-state index contributed by atoms with van der Waals surface area (Å²) in [6, 6.07) is 24.6. The smallest absolute Gasteiger partial charge is 0.261 e. The Kier molecular flexibility index (Phi) is 9.08. The number of ether oxygens (including phenoxy) is 1. The molecule has 3 aromatic rings. The third-order valence-corrected chi connectivity index (χ3v) is 6.80. The summed E-state index contributed by atoms with van der Waals surface area (Å²) >= 11 is 0. The first-order valence-corrected chi connectivity index (χ1v) is 13.0. The van der Waals surface area contributed by atoms with E-state index in [0.717, 1.165) is 55.4 Å². The van der Waals surface area contributed by atoms with Crippen molar-refractivity contribution in [3.63, 3.8) is 0 Å². The number of hydrogen-bond acceptors (Lipinski definition) is 4. The first kappa shape index (κ1) is 26.1. The van der Waals surface area contributed by atoms with Crippen LogP contribution in [-0.4, -0.2) is 36.3 Å². The Morgan fingerprint density at radius 3 is 1.89 bits per heavy atom. The fraction of sp³-hybridized carbons (Fsp3) is 0.323. The molecule has 1 aliphatic rings. The lowest BCUT2D eigenvalue weighted by atomic mass is 9.98. The van der Waals surface area contributed by atoms with Crippen LogP contribution in [0.3, 0.4) is 0 Å². The summed E-state index contributed by atoms with van der Waals surface area (Å²) in [7, 11) is 1.64. The summed E-state index contributed by atoms with van der Waals surface area (Å²) in [6.07, 6.45) is 6.07. The van der Waals surface area contributed by atoms with E-state index >= 15 is 0 Å². The number of nitrogens with zero attached hydrogens (tertiary/aromatic N) is 1. The van der Waals surface area contributed by atoms with Gasteiger partial charge in [-0.3, -0.25) is 19.3 Å². The maximum Gasteiger partial charge on any atom is 0.261 e. The number of benzene rings is 3. The lowest BCUT2D eigenvalue weighted by Gasteiger charge is -2.20. The number of fused-ring (bicyclic) bond motifs is 1. The highest BCUT2D eigenvalue weighted by Crippen LogP contribution is 2.25. The van der Waals surface area contributed by atoms with Gasteiger partial charge in [-0.1, -0.05) is 80.3 Å². The molecule has 1 aliphatic heterocycles. The van der Waals surface area contributed by atoms with E-state index in [1.54, 1.807) is 31.4 Å². The van der Waals surface area contributed by atoms with Gasteiger partial charge in [0, 0.05) is 13.0 Å². The quantitative estimate of drug-likeness (QED) is 0.234. The molecule has 1 N–H and O–H groups in total. The topological polar surface area (TPSA) is 75.7 Å². The van der Waals surface area contributed by atoms with Crippen molar-refractivity contribution in [2.75, 3.05) is 13.7 Å². The Bertz CT molecular complexity index is 1170. The number of rotatable bonds is 13. The van der Waals surface area contributed by atoms with Gasteiger partial charge in [0.1, 0.15) is 5.75 Å². The summed E-state index contributed by atoms with van der Waals surface area (Å²) in [5.41, 5.74) is 3.07. The molecule has 1 heterocycles. The molecule has 6 heteroatoms. The molecule has 0 saturated carbocycles. The molecular formula is C31H34N2O4. The molecule has 0 aliphatic carbocycles. The Labute approximate surface area is 218 Å². The average Bonchev–Trinajstić information content (AvgIpc) is 3.18. The molecule has 0 spiro atoms. The number of nitrogens with one attached hydrogen (secondary N) is 1. The van der Waals surface area contributed by atoms with Crippen molar-refractivity contribution in [2.24, 2.45) is 0 Å². The number of imide groups is 1. The van der Waals surface area contributed by atoms with Gasteiger partial charge < -0.3 is 10.1 Å². The van der Waals surface area contributed by atoms with Crippen LogP contribution in [-0.2, 0) is 4.79 Å². The van der Waals surface area contributed by atoms with E-state index in [4.69, 9.17) is 4.74 Å². The van der Waals surface area contributed by atoms with E-state index in [1.165, 1.54) is 4.90 Å². The highest BCUT2D eigenvalue weighted by Gasteiger charge is 2.34. The maximum atomic E-state index is 12.8. The molecule has 192 valence electrons. The van der Waals surface area contributed by atoms with Crippen LogP contribution in [0.25, 0.3) is 0 Å². The van der Waals surface area contributed by atoms with Crippen molar-refractivity contribution in [3.05, 3.63) is 101 Å². The van der Waals surface area contributed by atoms with Crippen LogP contribution in [0.1, 0.15) is 82.8 Å². The van der Waals surface area contributed by atoms with Gasteiger partial charge >= 0.3 is 0 Å². The molecule has 0 saturated heterocycles. The number of unbranched alkanes of at least 4 members (excludes halogenated alkanes) is 5. The predicted octanol–water partition coefficient (Wildman–Crippen LogP) is 5.93. The summed E-state index contributed by atoms with van der Waals surface area (Å²) in [5, 5.41) is 3.20. The highest BCUT2D eigenvalue weighted by molar-refractivity contribution is 6.21. The molecule has 6 nitrogen and oxygen atoms in total. The van der Waals surface area contributed by atoms with Crippen LogP contribution in [0.2, 0.25) is 0 Å². The van der Waals surface area contributed by atoms with Gasteiger partial charge in [-0.15, -0.1) is 0 Å². The molecule has 4 rings (SSSR count). The minimum absolute atomic E-state index is 0.0373. The van der Waals surface area contributed by atoms with Crippen molar-refractivity contribution in [1.82, 2.24) is 10.2 Å². The number of hydrogen-bond donors (Lipinski definition) is 1. The zero-order valence-corrected chi connectivity index (χ0v) is 21.3. The lowest BCUT2D eigenvalue weighted by molar-refractivity contribution is -0.121. The van der Waals surface area contributed by atoms with E-state index in [-0.39, 0.29) is 23.8 Å². The van der Waals surface area contributed by atoms with Crippen molar-refractivity contribution >= 4 is 17.7 Å². The largest absolute Gasteiger partial charge is 0.497 e. The number of carbonyl (C=O) groups excluding carboxylic acids is 3. The van der Waals surface area contributed by atoms with E-state index in [9.17, 15) is 14.4 Å². The fourth-order valence-corrected chi connectivity index (χ4v) is 4.74. The predicted molar refractivity (Wildman–Crippen MR) is 144 cm³/mol. The number of methoxy groups -OCH3 is 1. The first-order valence-electron chi connectivity index (χ1n) is 13.0. The van der Waals surface area contributed by atoms with Crippen LogP contribution in [0.15, 0.2) is 78.9 Å². The normalized spacial score (nSPS) is 13.4. The van der Waals surface area contributed by atoms with Gasteiger partial charge in [-0.2, -0.15) is 0 Å². The molecule has 0 fully saturated rings. The second kappa shape index (κ2) is 12.9. The maximum absolute atomic E-state index is 12.8. The number of amides is 3. The van der Waals surface area contributed by atoms with Crippen LogP contribution in [0, 0.1) is 0 Å². The van der Waals surface area contributed by atoms with Crippen molar-refractivity contribution in [1.29, 1.82) is 0 Å². The Hall–Kier alpha value is -3.93. The Morgan fingerprint density at radius 1 is 0.730 bits per heavy atom. The van der Waals surface area contributed by atoms with Crippen LogP contribution >= 0.6 is 0 Å². The van der Waals surface area contributed by atoms with Gasteiger partial charge in [0.15, 0.2) is 0 Å². The second-order valence-corrected chi connectivity index (χ2v) is 9.36. The molecule has 0 unspecified atom stereocenters. The SMILES string of the molecule is COc1ccc([C@@H](NC(=O)CCCCCCCCN2C(=O)c3ccccc3C2=O)c2ccccc2)cc1. The molecule has 37 heavy (non-hydrogen) atoms. The van der Waals surface area contributed by atoms with Gasteiger partial charge in [0.25, 0.3) is 11.8 Å². The minimum Gasteiger partial charge on any atom is -0.497 e. The molecule has 0 radical (unpaired) electrons. The third kappa shape index (κ3) is 6.64. The molecule has 1 atom stereocenters. The molecular weight excluding hydrogens is 464 g/mol. The van der Waals surface area contributed by atoms with E-state index in [2.05, 4.69) is 5.32 Å². The van der Waals surface area contributed by atoms with E-state index in [1.807, 2.05) is 54.6 Å². The second-order valence-electron chi connectivity index (χ2n) is 9.36. The average molecular weight is 499 g/mol. The number of carbonyl (C=O) groups is 3.